The number of pyridine rings is 1. The zero-order valence-electron chi connectivity index (χ0n) is 15.1. The van der Waals surface area contributed by atoms with Gasteiger partial charge in [-0.25, -0.2) is 9.37 Å². The highest BCUT2D eigenvalue weighted by molar-refractivity contribution is 5.92. The lowest BCUT2D eigenvalue weighted by Crippen LogP contribution is -2.60. The first-order chi connectivity index (χ1) is 12.4. The van der Waals surface area contributed by atoms with Gasteiger partial charge in [0, 0.05) is 26.2 Å². The average Bonchev–Trinajstić information content (AvgIpc) is 2.59. The Kier molecular flexibility index (Phi) is 5.79. The third-order valence-electron chi connectivity index (χ3n) is 4.88. The molecule has 0 unspecified atom stereocenters. The van der Waals surface area contributed by atoms with Crippen LogP contribution in [0.3, 0.4) is 0 Å². The second kappa shape index (κ2) is 7.41. The predicted octanol–water partition coefficient (Wildman–Crippen LogP) is 1.84. The molecule has 6 nitrogen and oxygen atoms in total. The standard InChI is InChI=1S/C17H21F4N3O3/c1-10-9-24(15(26)16(2,27)17(19,20)21)7-6-13(10)23(3)14(25)12-5-4-11(18)8-22-12/h4-5,8,10,13,27H,6-7,9H2,1-3H3/t10-,13+,16-/m1/s1. The van der Waals surface area contributed by atoms with Crippen molar-refractivity contribution in [3.63, 3.8) is 0 Å². The Labute approximate surface area is 153 Å². The highest BCUT2D eigenvalue weighted by Crippen LogP contribution is 2.33. The molecule has 27 heavy (non-hydrogen) atoms. The number of hydrogen-bond donors (Lipinski definition) is 1. The molecule has 0 radical (unpaired) electrons. The molecule has 0 bridgehead atoms. The maximum absolute atomic E-state index is 12.9. The summed E-state index contributed by atoms with van der Waals surface area (Å²) in [7, 11) is 1.53. The number of rotatable bonds is 3. The SMILES string of the molecule is C[C@@H]1CN(C(=O)[C@@](C)(O)C(F)(F)F)CC[C@@H]1N(C)C(=O)c1ccc(F)cn1. The zero-order chi connectivity index (χ0) is 20.6. The van der Waals surface area contributed by atoms with Crippen LogP contribution in [0.5, 0.6) is 0 Å². The maximum atomic E-state index is 12.9. The Morgan fingerprint density at radius 2 is 1.96 bits per heavy atom. The lowest BCUT2D eigenvalue weighted by molar-refractivity contribution is -0.251. The molecule has 150 valence electrons. The van der Waals surface area contributed by atoms with Crippen molar-refractivity contribution in [3.8, 4) is 0 Å². The summed E-state index contributed by atoms with van der Waals surface area (Å²) >= 11 is 0. The Morgan fingerprint density at radius 1 is 1.33 bits per heavy atom. The minimum Gasteiger partial charge on any atom is -0.373 e. The van der Waals surface area contributed by atoms with Crippen LogP contribution in [0.1, 0.15) is 30.8 Å². The van der Waals surface area contributed by atoms with Gasteiger partial charge in [-0.15, -0.1) is 0 Å². The first-order valence-corrected chi connectivity index (χ1v) is 8.33. The van der Waals surface area contributed by atoms with Crippen molar-refractivity contribution in [2.75, 3.05) is 20.1 Å². The Hall–Kier alpha value is -2.23. The van der Waals surface area contributed by atoms with E-state index in [-0.39, 0.29) is 37.2 Å². The monoisotopic (exact) mass is 391 g/mol. The van der Waals surface area contributed by atoms with Crippen molar-refractivity contribution in [3.05, 3.63) is 29.8 Å². The number of hydrogen-bond acceptors (Lipinski definition) is 4. The van der Waals surface area contributed by atoms with Crippen LogP contribution < -0.4 is 0 Å². The summed E-state index contributed by atoms with van der Waals surface area (Å²) in [6.07, 6.45) is -3.92. The maximum Gasteiger partial charge on any atom is 0.426 e. The number of aromatic nitrogens is 1. The number of aliphatic hydroxyl groups is 1. The fraction of sp³-hybridized carbons (Fsp3) is 0.588. The first kappa shape index (κ1) is 21.1. The minimum absolute atomic E-state index is 0.0332. The Balaban J connectivity index is 2.07. The molecule has 1 fully saturated rings. The molecule has 2 heterocycles. The molecule has 10 heteroatoms. The van der Waals surface area contributed by atoms with E-state index in [0.29, 0.717) is 6.92 Å². The molecular weight excluding hydrogens is 370 g/mol. The summed E-state index contributed by atoms with van der Waals surface area (Å²) in [5.41, 5.74) is -3.41. The topological polar surface area (TPSA) is 73.7 Å². The van der Waals surface area contributed by atoms with E-state index >= 15 is 0 Å². The van der Waals surface area contributed by atoms with Gasteiger partial charge in [0.25, 0.3) is 11.8 Å². The molecule has 2 rings (SSSR count). The molecule has 1 aliphatic rings. The van der Waals surface area contributed by atoms with Gasteiger partial charge >= 0.3 is 6.18 Å². The van der Waals surface area contributed by atoms with Crippen molar-refractivity contribution in [1.29, 1.82) is 0 Å². The van der Waals surface area contributed by atoms with E-state index in [1.807, 2.05) is 0 Å². The number of amides is 2. The number of piperidine rings is 1. The van der Waals surface area contributed by atoms with Crippen LogP contribution in [0.2, 0.25) is 0 Å². The van der Waals surface area contributed by atoms with Crippen LogP contribution in [-0.2, 0) is 4.79 Å². The summed E-state index contributed by atoms with van der Waals surface area (Å²) < 4.78 is 51.6. The van der Waals surface area contributed by atoms with Crippen LogP contribution >= 0.6 is 0 Å². The van der Waals surface area contributed by atoms with Gasteiger partial charge in [-0.1, -0.05) is 6.92 Å². The summed E-state index contributed by atoms with van der Waals surface area (Å²) in [6.45, 7) is 2.06. The number of nitrogens with zero attached hydrogens (tertiary/aromatic N) is 3. The second-order valence-corrected chi connectivity index (χ2v) is 6.93. The molecule has 0 spiro atoms. The van der Waals surface area contributed by atoms with Crippen LogP contribution in [0.15, 0.2) is 18.3 Å². The summed E-state index contributed by atoms with van der Waals surface area (Å²) in [5.74, 6) is -2.77. The minimum atomic E-state index is -5.08. The molecule has 1 aromatic heterocycles. The number of alkyl halides is 3. The fourth-order valence-corrected chi connectivity index (χ4v) is 3.16. The van der Waals surface area contributed by atoms with E-state index in [2.05, 4.69) is 4.98 Å². The van der Waals surface area contributed by atoms with Crippen LogP contribution in [-0.4, -0.2) is 69.7 Å². The largest absolute Gasteiger partial charge is 0.426 e. The zero-order valence-corrected chi connectivity index (χ0v) is 15.1. The summed E-state index contributed by atoms with van der Waals surface area (Å²) in [6, 6.07) is 2.01. The highest BCUT2D eigenvalue weighted by atomic mass is 19.4. The van der Waals surface area contributed by atoms with E-state index in [0.717, 1.165) is 17.2 Å². The smallest absolute Gasteiger partial charge is 0.373 e. The number of carbonyl (C=O) groups excluding carboxylic acids is 2. The fourth-order valence-electron chi connectivity index (χ4n) is 3.16. The molecule has 0 aliphatic carbocycles. The molecular formula is C17H21F4N3O3. The lowest BCUT2D eigenvalue weighted by Gasteiger charge is -2.43. The number of halogens is 4. The van der Waals surface area contributed by atoms with E-state index in [1.54, 1.807) is 6.92 Å². The lowest BCUT2D eigenvalue weighted by atomic mass is 9.91. The number of carbonyl (C=O) groups is 2. The van der Waals surface area contributed by atoms with E-state index in [4.69, 9.17) is 0 Å². The average molecular weight is 391 g/mol. The number of likely N-dealkylation sites (tertiary alicyclic amines) is 1. The third kappa shape index (κ3) is 4.20. The van der Waals surface area contributed by atoms with Crippen molar-refractivity contribution in [1.82, 2.24) is 14.8 Å². The van der Waals surface area contributed by atoms with Gasteiger partial charge in [-0.05, 0) is 31.4 Å². The Morgan fingerprint density at radius 3 is 2.44 bits per heavy atom. The Bertz CT molecular complexity index is 706. The van der Waals surface area contributed by atoms with Crippen LogP contribution in [0.25, 0.3) is 0 Å². The molecule has 1 aliphatic heterocycles. The van der Waals surface area contributed by atoms with Crippen molar-refractivity contribution in [2.24, 2.45) is 5.92 Å². The molecule has 2 amide bonds. The van der Waals surface area contributed by atoms with Gasteiger partial charge in [0.05, 0.1) is 6.20 Å². The van der Waals surface area contributed by atoms with Gasteiger partial charge in [0.15, 0.2) is 0 Å². The van der Waals surface area contributed by atoms with Crippen LogP contribution in [0.4, 0.5) is 17.6 Å². The van der Waals surface area contributed by atoms with E-state index < -0.39 is 29.4 Å². The van der Waals surface area contributed by atoms with Gasteiger partial charge in [0.2, 0.25) is 5.60 Å². The van der Waals surface area contributed by atoms with Gasteiger partial charge in [0.1, 0.15) is 11.5 Å². The van der Waals surface area contributed by atoms with Gasteiger partial charge in [-0.3, -0.25) is 9.59 Å². The highest BCUT2D eigenvalue weighted by Gasteiger charge is 2.57. The van der Waals surface area contributed by atoms with Crippen molar-refractivity contribution >= 4 is 11.8 Å². The first-order valence-electron chi connectivity index (χ1n) is 8.33. The summed E-state index contributed by atoms with van der Waals surface area (Å²) in [4.78, 5) is 30.7. The second-order valence-electron chi connectivity index (χ2n) is 6.93. The summed E-state index contributed by atoms with van der Waals surface area (Å²) in [5, 5.41) is 9.57. The van der Waals surface area contributed by atoms with E-state index in [1.165, 1.54) is 18.0 Å². The van der Waals surface area contributed by atoms with E-state index in [9.17, 15) is 32.3 Å². The van der Waals surface area contributed by atoms with Gasteiger partial charge < -0.3 is 14.9 Å². The van der Waals surface area contributed by atoms with Crippen molar-refractivity contribution in [2.45, 2.75) is 38.1 Å². The molecule has 1 saturated heterocycles. The third-order valence-corrected chi connectivity index (χ3v) is 4.88. The predicted molar refractivity (Wildman–Crippen MR) is 87.1 cm³/mol. The quantitative estimate of drug-likeness (QED) is 0.798. The van der Waals surface area contributed by atoms with Crippen LogP contribution in [0, 0.1) is 11.7 Å². The van der Waals surface area contributed by atoms with Gasteiger partial charge in [-0.2, -0.15) is 13.2 Å². The molecule has 1 aromatic rings. The molecule has 0 aromatic carbocycles. The van der Waals surface area contributed by atoms with Crippen molar-refractivity contribution < 1.29 is 32.3 Å². The normalized spacial score (nSPS) is 22.9. The molecule has 0 saturated carbocycles. The molecule has 3 atom stereocenters. The molecule has 1 N–H and O–H groups in total.